The lowest BCUT2D eigenvalue weighted by atomic mass is 10.1. The van der Waals surface area contributed by atoms with E-state index in [2.05, 4.69) is 15.3 Å². The van der Waals surface area contributed by atoms with Crippen molar-refractivity contribution in [2.75, 3.05) is 6.79 Å². The van der Waals surface area contributed by atoms with Gasteiger partial charge in [-0.1, -0.05) is 0 Å². The first-order valence-corrected chi connectivity index (χ1v) is 11.4. The second kappa shape index (κ2) is 10.4. The van der Waals surface area contributed by atoms with Gasteiger partial charge in [0.25, 0.3) is 5.91 Å². The molecule has 0 spiro atoms. The van der Waals surface area contributed by atoms with Crippen molar-refractivity contribution in [3.05, 3.63) is 70.7 Å². The van der Waals surface area contributed by atoms with Crippen LogP contribution in [0.25, 0.3) is 5.69 Å². The summed E-state index contributed by atoms with van der Waals surface area (Å²) in [6.45, 7) is 4.27. The molecule has 0 atom stereocenters. The molecular weight excluding hydrogens is 482 g/mol. The van der Waals surface area contributed by atoms with E-state index in [1.807, 2.05) is 26.0 Å². The van der Waals surface area contributed by atoms with Crippen LogP contribution in [0, 0.1) is 13.8 Å². The van der Waals surface area contributed by atoms with Gasteiger partial charge in [-0.15, -0.1) is 0 Å². The van der Waals surface area contributed by atoms with Gasteiger partial charge in [-0.2, -0.15) is 13.5 Å². The van der Waals surface area contributed by atoms with E-state index in [1.54, 1.807) is 4.57 Å². The van der Waals surface area contributed by atoms with Crippen LogP contribution < -0.4 is 5.43 Å². The number of ether oxygens (including phenoxy) is 2. The number of amides is 1. The van der Waals surface area contributed by atoms with E-state index >= 15 is 0 Å². The monoisotopic (exact) mass is 503 g/mol. The SMILES string of the molecule is CC(=O)OCOC(=O)c1ccc(C(=O)N/N=C/c2ccc(S(=O)(=O)O)o2)cc1-n1c(C)ccc1C. The van der Waals surface area contributed by atoms with E-state index in [0.29, 0.717) is 5.69 Å². The molecule has 0 unspecified atom stereocenters. The number of hydrogen-bond donors (Lipinski definition) is 2. The molecule has 1 amide bonds. The van der Waals surface area contributed by atoms with Crippen LogP contribution in [0.4, 0.5) is 0 Å². The second-order valence-electron chi connectivity index (χ2n) is 7.20. The molecule has 3 aromatic rings. The Morgan fingerprint density at radius 2 is 1.77 bits per heavy atom. The standard InChI is InChI=1S/C22H21N3O9S/c1-13-4-5-14(2)25(13)19-10-16(6-8-18(19)22(28)33-12-32-15(3)26)21(27)24-23-11-17-7-9-20(34-17)35(29,30)31/h4-11H,12H2,1-3H3,(H,24,27)(H,29,30,31)/b23-11+. The van der Waals surface area contributed by atoms with Crippen LogP contribution in [0.1, 0.15) is 44.8 Å². The van der Waals surface area contributed by atoms with Crippen molar-refractivity contribution in [1.82, 2.24) is 9.99 Å². The largest absolute Gasteiger partial charge is 0.441 e. The molecule has 0 bridgehead atoms. The number of esters is 2. The molecule has 12 nitrogen and oxygen atoms in total. The minimum atomic E-state index is -4.50. The predicted octanol–water partition coefficient (Wildman–Crippen LogP) is 2.38. The number of nitrogens with zero attached hydrogens (tertiary/aromatic N) is 2. The van der Waals surface area contributed by atoms with Crippen LogP contribution >= 0.6 is 0 Å². The average molecular weight is 503 g/mol. The maximum atomic E-state index is 12.6. The van der Waals surface area contributed by atoms with Gasteiger partial charge in [0.15, 0.2) is 0 Å². The average Bonchev–Trinajstić information content (AvgIpc) is 3.39. The highest BCUT2D eigenvalue weighted by atomic mass is 32.2. The summed E-state index contributed by atoms with van der Waals surface area (Å²) in [4.78, 5) is 36.2. The molecular formula is C22H21N3O9S. The molecule has 0 fully saturated rings. The van der Waals surface area contributed by atoms with Crippen molar-refractivity contribution in [3.63, 3.8) is 0 Å². The first-order chi connectivity index (χ1) is 16.5. The number of furan rings is 1. The quantitative estimate of drug-likeness (QED) is 0.154. The minimum Gasteiger partial charge on any atom is -0.441 e. The lowest BCUT2D eigenvalue weighted by Gasteiger charge is -2.15. The van der Waals surface area contributed by atoms with Crippen LogP contribution in [0.2, 0.25) is 0 Å². The van der Waals surface area contributed by atoms with Gasteiger partial charge in [-0.3, -0.25) is 14.1 Å². The summed E-state index contributed by atoms with van der Waals surface area (Å²) >= 11 is 0. The highest BCUT2D eigenvalue weighted by molar-refractivity contribution is 7.85. The molecule has 3 rings (SSSR count). The number of aryl methyl sites for hydroxylation is 2. The van der Waals surface area contributed by atoms with Gasteiger partial charge < -0.3 is 18.5 Å². The zero-order valence-electron chi connectivity index (χ0n) is 18.8. The van der Waals surface area contributed by atoms with E-state index in [0.717, 1.165) is 23.7 Å². The van der Waals surface area contributed by atoms with Crippen LogP contribution in [0.5, 0.6) is 0 Å². The van der Waals surface area contributed by atoms with E-state index in [1.165, 1.54) is 31.2 Å². The smallest absolute Gasteiger partial charge is 0.343 e. The minimum absolute atomic E-state index is 0.0249. The van der Waals surface area contributed by atoms with Gasteiger partial charge >= 0.3 is 22.1 Å². The molecule has 35 heavy (non-hydrogen) atoms. The summed E-state index contributed by atoms with van der Waals surface area (Å²) in [6, 6.07) is 10.2. The number of carbonyl (C=O) groups is 3. The van der Waals surface area contributed by atoms with Crippen LogP contribution in [0.3, 0.4) is 0 Å². The van der Waals surface area contributed by atoms with Crippen molar-refractivity contribution < 1.29 is 41.2 Å². The van der Waals surface area contributed by atoms with Gasteiger partial charge in [0.2, 0.25) is 11.9 Å². The topological polar surface area (TPSA) is 166 Å². The van der Waals surface area contributed by atoms with Crippen molar-refractivity contribution in [2.24, 2.45) is 5.10 Å². The van der Waals surface area contributed by atoms with Crippen molar-refractivity contribution in [1.29, 1.82) is 0 Å². The Balaban J connectivity index is 1.85. The lowest BCUT2D eigenvalue weighted by molar-refractivity contribution is -0.149. The summed E-state index contributed by atoms with van der Waals surface area (Å²) in [5.41, 5.74) is 4.49. The van der Waals surface area contributed by atoms with Gasteiger partial charge in [0.05, 0.1) is 17.5 Å². The molecule has 2 aromatic heterocycles. The Morgan fingerprint density at radius 1 is 1.09 bits per heavy atom. The molecule has 2 N–H and O–H groups in total. The molecule has 184 valence electrons. The summed E-state index contributed by atoms with van der Waals surface area (Å²) in [5, 5.41) is 3.05. The maximum Gasteiger partial charge on any atom is 0.343 e. The molecule has 2 heterocycles. The maximum absolute atomic E-state index is 12.6. The van der Waals surface area contributed by atoms with E-state index in [-0.39, 0.29) is 16.9 Å². The Morgan fingerprint density at radius 3 is 2.37 bits per heavy atom. The number of hydrazone groups is 1. The zero-order valence-corrected chi connectivity index (χ0v) is 19.7. The third-order valence-corrected chi connectivity index (χ3v) is 5.39. The molecule has 0 radical (unpaired) electrons. The van der Waals surface area contributed by atoms with Crippen molar-refractivity contribution >= 4 is 34.2 Å². The van der Waals surface area contributed by atoms with Crippen LogP contribution in [0.15, 0.2) is 57.1 Å². The highest BCUT2D eigenvalue weighted by Gasteiger charge is 2.20. The normalized spacial score (nSPS) is 11.4. The van der Waals surface area contributed by atoms with E-state index < -0.39 is 39.8 Å². The number of rotatable bonds is 8. The van der Waals surface area contributed by atoms with Crippen LogP contribution in [-0.4, -0.2) is 48.4 Å². The Kier molecular flexibility index (Phi) is 7.52. The zero-order chi connectivity index (χ0) is 25.8. The third-order valence-electron chi connectivity index (χ3n) is 4.66. The van der Waals surface area contributed by atoms with Gasteiger partial charge in [0.1, 0.15) is 5.76 Å². The molecule has 0 saturated heterocycles. The molecule has 0 aliphatic heterocycles. The fraction of sp³-hybridized carbons (Fsp3) is 0.182. The number of aromatic nitrogens is 1. The lowest BCUT2D eigenvalue weighted by Crippen LogP contribution is -2.19. The molecule has 0 saturated carbocycles. The first kappa shape index (κ1) is 25.4. The number of benzene rings is 1. The number of carbonyl (C=O) groups excluding carboxylic acids is 3. The summed E-state index contributed by atoms with van der Waals surface area (Å²) in [6.07, 6.45) is 1.05. The van der Waals surface area contributed by atoms with Crippen molar-refractivity contribution in [2.45, 2.75) is 25.9 Å². The second-order valence-corrected chi connectivity index (χ2v) is 8.55. The third kappa shape index (κ3) is 6.22. The Labute approximate surface area is 199 Å². The summed E-state index contributed by atoms with van der Waals surface area (Å²) < 4.78 is 47.3. The van der Waals surface area contributed by atoms with E-state index in [4.69, 9.17) is 13.7 Å². The number of nitrogens with one attached hydrogen (secondary N) is 1. The molecule has 13 heteroatoms. The van der Waals surface area contributed by atoms with Gasteiger partial charge in [0, 0.05) is 23.9 Å². The Hall–Kier alpha value is -4.23. The van der Waals surface area contributed by atoms with Crippen LogP contribution in [-0.2, 0) is 24.4 Å². The summed E-state index contributed by atoms with van der Waals surface area (Å²) in [7, 11) is -4.50. The number of hydrogen-bond acceptors (Lipinski definition) is 9. The molecule has 0 aliphatic rings. The first-order valence-electron chi connectivity index (χ1n) is 9.98. The predicted molar refractivity (Wildman–Crippen MR) is 121 cm³/mol. The Bertz CT molecular complexity index is 1400. The van der Waals surface area contributed by atoms with Crippen molar-refractivity contribution in [3.8, 4) is 5.69 Å². The fourth-order valence-electron chi connectivity index (χ4n) is 3.08. The summed E-state index contributed by atoms with van der Waals surface area (Å²) in [5.74, 6) is -2.02. The van der Waals surface area contributed by atoms with Gasteiger partial charge in [-0.25, -0.2) is 10.2 Å². The molecule has 1 aromatic carbocycles. The fourth-order valence-corrected chi connectivity index (χ4v) is 3.53. The molecule has 0 aliphatic carbocycles. The van der Waals surface area contributed by atoms with E-state index in [9.17, 15) is 22.8 Å². The van der Waals surface area contributed by atoms with Gasteiger partial charge in [-0.05, 0) is 56.3 Å². The highest BCUT2D eigenvalue weighted by Crippen LogP contribution is 2.23.